The smallest absolute Gasteiger partial charge is 0.101 e. The summed E-state index contributed by atoms with van der Waals surface area (Å²) in [4.78, 5) is 0. The summed E-state index contributed by atoms with van der Waals surface area (Å²) in [6, 6.07) is 6.41. The third-order valence-electron chi connectivity index (χ3n) is 2.27. The van der Waals surface area contributed by atoms with E-state index in [0.717, 1.165) is 27.4 Å². The Morgan fingerprint density at radius 3 is 3.00 bits per heavy atom. The highest BCUT2D eigenvalue weighted by Gasteiger charge is 2.10. The molecular formula is C11H8BrNS. The van der Waals surface area contributed by atoms with Crippen LogP contribution in [0.4, 0.5) is 0 Å². The van der Waals surface area contributed by atoms with Crippen LogP contribution in [0.2, 0.25) is 0 Å². The van der Waals surface area contributed by atoms with E-state index < -0.39 is 0 Å². The third-order valence-corrected chi connectivity index (χ3v) is 3.96. The Morgan fingerprint density at radius 1 is 1.57 bits per heavy atom. The van der Waals surface area contributed by atoms with Crippen LogP contribution in [0.15, 0.2) is 22.0 Å². The number of aryl methyl sites for hydroxylation is 1. The molecule has 0 amide bonds. The lowest BCUT2D eigenvalue weighted by atomic mass is 10.0. The molecule has 0 bridgehead atoms. The number of fused-ring (bicyclic) bond motifs is 1. The molecule has 0 spiro atoms. The largest absolute Gasteiger partial charge is 0.192 e. The number of hydrogen-bond acceptors (Lipinski definition) is 2. The lowest BCUT2D eigenvalue weighted by Gasteiger charge is -2.04. The van der Waals surface area contributed by atoms with Crippen LogP contribution in [0.25, 0.3) is 10.1 Å². The Bertz CT molecular complexity index is 522. The molecule has 0 N–H and O–H groups in total. The van der Waals surface area contributed by atoms with E-state index in [2.05, 4.69) is 40.4 Å². The maximum atomic E-state index is 9.05. The van der Waals surface area contributed by atoms with Crippen LogP contribution in [0.5, 0.6) is 0 Å². The van der Waals surface area contributed by atoms with Crippen LogP contribution in [-0.4, -0.2) is 0 Å². The SMILES string of the molecule is CCc1cc2sccc2c(Br)c1C#N. The Morgan fingerprint density at radius 2 is 2.36 bits per heavy atom. The van der Waals surface area contributed by atoms with Crippen LogP contribution in [0.3, 0.4) is 0 Å². The molecule has 2 rings (SSSR count). The van der Waals surface area contributed by atoms with E-state index in [9.17, 15) is 0 Å². The predicted octanol–water partition coefficient (Wildman–Crippen LogP) is 4.10. The second-order valence-corrected chi connectivity index (χ2v) is 4.76. The van der Waals surface area contributed by atoms with Crippen molar-refractivity contribution in [2.24, 2.45) is 0 Å². The van der Waals surface area contributed by atoms with Crippen molar-refractivity contribution >= 4 is 37.4 Å². The van der Waals surface area contributed by atoms with Crippen molar-refractivity contribution in [1.29, 1.82) is 5.26 Å². The molecule has 1 aromatic heterocycles. The van der Waals surface area contributed by atoms with E-state index in [1.165, 1.54) is 4.70 Å². The molecule has 1 nitrogen and oxygen atoms in total. The lowest BCUT2D eigenvalue weighted by molar-refractivity contribution is 1.13. The average Bonchev–Trinajstić information content (AvgIpc) is 2.65. The van der Waals surface area contributed by atoms with Gasteiger partial charge in [0.25, 0.3) is 0 Å². The van der Waals surface area contributed by atoms with E-state index in [1.807, 2.05) is 6.07 Å². The Labute approximate surface area is 95.1 Å². The number of nitrogens with zero attached hydrogens (tertiary/aromatic N) is 1. The molecule has 2 aromatic rings. The van der Waals surface area contributed by atoms with Gasteiger partial charge in [-0.1, -0.05) is 6.92 Å². The summed E-state index contributed by atoms with van der Waals surface area (Å²) in [5, 5.41) is 12.2. The topological polar surface area (TPSA) is 23.8 Å². The van der Waals surface area contributed by atoms with Crippen LogP contribution in [-0.2, 0) is 6.42 Å². The molecule has 0 aliphatic rings. The molecule has 1 aromatic carbocycles. The van der Waals surface area contributed by atoms with Gasteiger partial charge in [-0.05, 0) is 45.4 Å². The molecule has 1 heterocycles. The van der Waals surface area contributed by atoms with Crippen molar-refractivity contribution in [2.75, 3.05) is 0 Å². The van der Waals surface area contributed by atoms with Gasteiger partial charge in [0.15, 0.2) is 0 Å². The monoisotopic (exact) mass is 265 g/mol. The molecule has 0 fully saturated rings. The molecule has 0 aliphatic carbocycles. The molecule has 0 radical (unpaired) electrons. The summed E-state index contributed by atoms with van der Waals surface area (Å²) >= 11 is 5.21. The molecular weight excluding hydrogens is 258 g/mol. The van der Waals surface area contributed by atoms with Gasteiger partial charge in [-0.3, -0.25) is 0 Å². The van der Waals surface area contributed by atoms with E-state index in [-0.39, 0.29) is 0 Å². The second kappa shape index (κ2) is 3.72. The normalized spacial score (nSPS) is 10.4. The zero-order chi connectivity index (χ0) is 10.1. The zero-order valence-corrected chi connectivity index (χ0v) is 10.1. The fourth-order valence-corrected chi connectivity index (χ4v) is 3.20. The standard InChI is InChI=1S/C11H8BrNS/c1-2-7-5-10-8(3-4-14-10)11(12)9(7)6-13/h3-5H,2H2,1H3. The van der Waals surface area contributed by atoms with Crippen LogP contribution >= 0.6 is 27.3 Å². The highest BCUT2D eigenvalue weighted by molar-refractivity contribution is 9.10. The van der Waals surface area contributed by atoms with Gasteiger partial charge < -0.3 is 0 Å². The average molecular weight is 266 g/mol. The molecule has 3 heteroatoms. The van der Waals surface area contributed by atoms with Gasteiger partial charge in [-0.25, -0.2) is 0 Å². The first kappa shape index (κ1) is 9.70. The quantitative estimate of drug-likeness (QED) is 0.762. The first-order valence-corrected chi connectivity index (χ1v) is 6.04. The van der Waals surface area contributed by atoms with Crippen molar-refractivity contribution in [3.8, 4) is 6.07 Å². The van der Waals surface area contributed by atoms with E-state index in [1.54, 1.807) is 11.3 Å². The maximum absolute atomic E-state index is 9.05. The molecule has 14 heavy (non-hydrogen) atoms. The molecule has 70 valence electrons. The van der Waals surface area contributed by atoms with Crippen molar-refractivity contribution in [3.63, 3.8) is 0 Å². The van der Waals surface area contributed by atoms with E-state index >= 15 is 0 Å². The second-order valence-electron chi connectivity index (χ2n) is 3.02. The number of thiophene rings is 1. The van der Waals surface area contributed by atoms with Crippen molar-refractivity contribution < 1.29 is 0 Å². The van der Waals surface area contributed by atoms with E-state index in [0.29, 0.717) is 0 Å². The number of rotatable bonds is 1. The third kappa shape index (κ3) is 1.35. The summed E-state index contributed by atoms with van der Waals surface area (Å²) in [6.45, 7) is 2.07. The molecule has 0 unspecified atom stereocenters. The lowest BCUT2D eigenvalue weighted by Crippen LogP contribution is -1.88. The summed E-state index contributed by atoms with van der Waals surface area (Å²) in [5.74, 6) is 0. The van der Waals surface area contributed by atoms with Gasteiger partial charge in [0.2, 0.25) is 0 Å². The highest BCUT2D eigenvalue weighted by Crippen LogP contribution is 2.33. The van der Waals surface area contributed by atoms with Gasteiger partial charge in [-0.15, -0.1) is 11.3 Å². The van der Waals surface area contributed by atoms with Crippen LogP contribution in [0.1, 0.15) is 18.1 Å². The van der Waals surface area contributed by atoms with Gasteiger partial charge in [0.05, 0.1) is 5.56 Å². The van der Waals surface area contributed by atoms with Crippen LogP contribution in [0, 0.1) is 11.3 Å². The Balaban J connectivity index is 2.88. The number of benzene rings is 1. The Kier molecular flexibility index (Phi) is 2.58. The molecule has 0 saturated carbocycles. The fourth-order valence-electron chi connectivity index (χ4n) is 1.52. The summed E-state index contributed by atoms with van der Waals surface area (Å²) < 4.78 is 2.18. The molecule has 0 atom stereocenters. The zero-order valence-electron chi connectivity index (χ0n) is 7.67. The maximum Gasteiger partial charge on any atom is 0.101 e. The van der Waals surface area contributed by atoms with Crippen molar-refractivity contribution in [3.05, 3.63) is 33.1 Å². The predicted molar refractivity (Wildman–Crippen MR) is 63.6 cm³/mol. The van der Waals surface area contributed by atoms with Crippen molar-refractivity contribution in [2.45, 2.75) is 13.3 Å². The fraction of sp³-hybridized carbons (Fsp3) is 0.182. The number of hydrogen-bond donors (Lipinski definition) is 0. The minimum Gasteiger partial charge on any atom is -0.192 e. The first-order chi connectivity index (χ1) is 6.77. The highest BCUT2D eigenvalue weighted by atomic mass is 79.9. The van der Waals surface area contributed by atoms with Crippen molar-refractivity contribution in [1.82, 2.24) is 0 Å². The summed E-state index contributed by atoms with van der Waals surface area (Å²) in [7, 11) is 0. The molecule has 0 saturated heterocycles. The minimum absolute atomic E-state index is 0.776. The minimum atomic E-state index is 0.776. The Hall–Kier alpha value is -0.850. The molecule has 0 aliphatic heterocycles. The van der Waals surface area contributed by atoms with Gasteiger partial charge >= 0.3 is 0 Å². The van der Waals surface area contributed by atoms with Gasteiger partial charge in [0, 0.05) is 14.6 Å². The first-order valence-electron chi connectivity index (χ1n) is 4.36. The number of halogens is 1. The number of nitriles is 1. The summed E-state index contributed by atoms with van der Waals surface area (Å²) in [5.41, 5.74) is 1.90. The van der Waals surface area contributed by atoms with Gasteiger partial charge in [-0.2, -0.15) is 5.26 Å². The van der Waals surface area contributed by atoms with Crippen LogP contribution < -0.4 is 0 Å². The van der Waals surface area contributed by atoms with Gasteiger partial charge in [0.1, 0.15) is 6.07 Å². The summed E-state index contributed by atoms with van der Waals surface area (Å²) in [6.07, 6.45) is 0.898. The van der Waals surface area contributed by atoms with E-state index in [4.69, 9.17) is 5.26 Å².